The van der Waals surface area contributed by atoms with Gasteiger partial charge < -0.3 is 5.32 Å². The van der Waals surface area contributed by atoms with E-state index >= 15 is 0 Å². The molecule has 0 aliphatic carbocycles. The fourth-order valence-electron chi connectivity index (χ4n) is 1.95. The van der Waals surface area contributed by atoms with Gasteiger partial charge in [0, 0.05) is 13.1 Å². The van der Waals surface area contributed by atoms with E-state index in [0.29, 0.717) is 25.4 Å². The molecule has 84 valence electrons. The Kier molecular flexibility index (Phi) is 5.13. The predicted molar refractivity (Wildman–Crippen MR) is 58.1 cm³/mol. The molecule has 0 radical (unpaired) electrons. The van der Waals surface area contributed by atoms with E-state index in [1.165, 1.54) is 12.8 Å². The summed E-state index contributed by atoms with van der Waals surface area (Å²) in [5.74, 6) is 0.741. The summed E-state index contributed by atoms with van der Waals surface area (Å²) in [6, 6.07) is 2.01. The van der Waals surface area contributed by atoms with Crippen molar-refractivity contribution in [2.24, 2.45) is 5.92 Å². The summed E-state index contributed by atoms with van der Waals surface area (Å²) in [4.78, 5) is 13.6. The molecule has 4 nitrogen and oxygen atoms in total. The number of nitrogens with zero attached hydrogens (tertiary/aromatic N) is 2. The quantitative estimate of drug-likeness (QED) is 0.695. The van der Waals surface area contributed by atoms with Gasteiger partial charge in [0.25, 0.3) is 0 Å². The van der Waals surface area contributed by atoms with E-state index in [1.54, 1.807) is 0 Å². The standard InChI is InChI=1S/C11H19N3O/c1-10-4-2-7-14(8-10)9-11(15)13-6-3-5-12/h10H,2-4,6-9H2,1H3,(H,13,15). The van der Waals surface area contributed by atoms with Gasteiger partial charge in [0.05, 0.1) is 19.0 Å². The lowest BCUT2D eigenvalue weighted by molar-refractivity contribution is -0.122. The zero-order chi connectivity index (χ0) is 11.1. The Morgan fingerprint density at radius 3 is 3.13 bits per heavy atom. The molecule has 0 bridgehead atoms. The third-order valence-electron chi connectivity index (χ3n) is 2.67. The number of likely N-dealkylation sites (tertiary alicyclic amines) is 1. The van der Waals surface area contributed by atoms with Crippen molar-refractivity contribution in [2.75, 3.05) is 26.2 Å². The zero-order valence-electron chi connectivity index (χ0n) is 9.33. The lowest BCUT2D eigenvalue weighted by atomic mass is 10.0. The lowest BCUT2D eigenvalue weighted by Crippen LogP contribution is -2.42. The van der Waals surface area contributed by atoms with Crippen LogP contribution in [0, 0.1) is 17.2 Å². The van der Waals surface area contributed by atoms with E-state index in [1.807, 2.05) is 6.07 Å². The highest BCUT2D eigenvalue weighted by Crippen LogP contribution is 2.14. The number of nitriles is 1. The SMILES string of the molecule is CC1CCCN(CC(=O)NCCC#N)C1. The number of rotatable bonds is 4. The maximum Gasteiger partial charge on any atom is 0.234 e. The van der Waals surface area contributed by atoms with Crippen LogP contribution in [0.1, 0.15) is 26.2 Å². The maximum atomic E-state index is 11.4. The first-order valence-electron chi connectivity index (χ1n) is 5.58. The van der Waals surface area contributed by atoms with Crippen LogP contribution in [-0.2, 0) is 4.79 Å². The molecule has 1 fully saturated rings. The molecule has 0 saturated carbocycles. The van der Waals surface area contributed by atoms with Gasteiger partial charge in [-0.15, -0.1) is 0 Å². The first-order chi connectivity index (χ1) is 7.22. The first kappa shape index (κ1) is 12.0. The topological polar surface area (TPSA) is 56.1 Å². The molecule has 4 heteroatoms. The third kappa shape index (κ3) is 4.80. The van der Waals surface area contributed by atoms with E-state index in [4.69, 9.17) is 5.26 Å². The van der Waals surface area contributed by atoms with Crippen LogP contribution < -0.4 is 5.32 Å². The normalized spacial score (nSPS) is 22.0. The van der Waals surface area contributed by atoms with E-state index in [0.717, 1.165) is 13.1 Å². The highest BCUT2D eigenvalue weighted by Gasteiger charge is 2.17. The molecule has 1 N–H and O–H groups in total. The molecule has 0 aromatic carbocycles. The van der Waals surface area contributed by atoms with E-state index in [2.05, 4.69) is 17.1 Å². The number of hydrogen-bond acceptors (Lipinski definition) is 3. The number of piperidine rings is 1. The Morgan fingerprint density at radius 1 is 1.67 bits per heavy atom. The van der Waals surface area contributed by atoms with Gasteiger partial charge in [0.15, 0.2) is 0 Å². The van der Waals surface area contributed by atoms with Gasteiger partial charge >= 0.3 is 0 Å². The molecule has 0 spiro atoms. The minimum atomic E-state index is 0.0411. The Morgan fingerprint density at radius 2 is 2.47 bits per heavy atom. The van der Waals surface area contributed by atoms with Gasteiger partial charge in [-0.2, -0.15) is 5.26 Å². The molecular weight excluding hydrogens is 190 g/mol. The van der Waals surface area contributed by atoms with Gasteiger partial charge in [-0.1, -0.05) is 6.92 Å². The molecule has 1 amide bonds. The number of carbonyl (C=O) groups excluding carboxylic acids is 1. The van der Waals surface area contributed by atoms with Gasteiger partial charge in [0.2, 0.25) is 5.91 Å². The fourth-order valence-corrected chi connectivity index (χ4v) is 1.95. The molecule has 1 heterocycles. The molecule has 0 aromatic rings. The van der Waals surface area contributed by atoms with Crippen molar-refractivity contribution in [3.63, 3.8) is 0 Å². The Bertz CT molecular complexity index is 247. The summed E-state index contributed by atoms with van der Waals surface area (Å²) in [5, 5.41) is 11.1. The third-order valence-corrected chi connectivity index (χ3v) is 2.67. The second-order valence-corrected chi connectivity index (χ2v) is 4.24. The Labute approximate surface area is 91.2 Å². The van der Waals surface area contributed by atoms with Crippen molar-refractivity contribution >= 4 is 5.91 Å². The molecule has 1 saturated heterocycles. The summed E-state index contributed by atoms with van der Waals surface area (Å²) in [6.45, 7) is 5.22. The van der Waals surface area contributed by atoms with Crippen molar-refractivity contribution < 1.29 is 4.79 Å². The van der Waals surface area contributed by atoms with Crippen molar-refractivity contribution in [2.45, 2.75) is 26.2 Å². The van der Waals surface area contributed by atoms with Crippen molar-refractivity contribution in [3.8, 4) is 6.07 Å². The van der Waals surface area contributed by atoms with Crippen LogP contribution in [0.15, 0.2) is 0 Å². The molecule has 1 aliphatic heterocycles. The van der Waals surface area contributed by atoms with Crippen LogP contribution >= 0.6 is 0 Å². The summed E-state index contributed by atoms with van der Waals surface area (Å²) in [5.41, 5.74) is 0. The Hall–Kier alpha value is -1.08. The summed E-state index contributed by atoms with van der Waals surface area (Å²) in [7, 11) is 0. The van der Waals surface area contributed by atoms with Crippen LogP contribution in [0.3, 0.4) is 0 Å². The van der Waals surface area contributed by atoms with Crippen molar-refractivity contribution in [1.29, 1.82) is 5.26 Å². The van der Waals surface area contributed by atoms with Crippen molar-refractivity contribution in [1.82, 2.24) is 10.2 Å². The van der Waals surface area contributed by atoms with Gasteiger partial charge in [-0.05, 0) is 25.3 Å². The molecule has 15 heavy (non-hydrogen) atoms. The summed E-state index contributed by atoms with van der Waals surface area (Å²) in [6.07, 6.45) is 2.85. The van der Waals surface area contributed by atoms with E-state index < -0.39 is 0 Å². The zero-order valence-corrected chi connectivity index (χ0v) is 9.33. The average Bonchev–Trinajstić information content (AvgIpc) is 2.18. The second kappa shape index (κ2) is 6.41. The van der Waals surface area contributed by atoms with Gasteiger partial charge in [0.1, 0.15) is 0 Å². The fraction of sp³-hybridized carbons (Fsp3) is 0.818. The molecule has 1 atom stereocenters. The predicted octanol–water partition coefficient (Wildman–Crippen LogP) is 0.748. The van der Waals surface area contributed by atoms with Crippen LogP contribution in [-0.4, -0.2) is 37.0 Å². The average molecular weight is 209 g/mol. The first-order valence-corrected chi connectivity index (χ1v) is 5.58. The molecule has 0 aromatic heterocycles. The Balaban J connectivity index is 2.16. The minimum absolute atomic E-state index is 0.0411. The van der Waals surface area contributed by atoms with E-state index in [9.17, 15) is 4.79 Å². The van der Waals surface area contributed by atoms with Crippen LogP contribution in [0.25, 0.3) is 0 Å². The van der Waals surface area contributed by atoms with Crippen LogP contribution in [0.4, 0.5) is 0 Å². The highest BCUT2D eigenvalue weighted by atomic mass is 16.2. The number of hydrogen-bond donors (Lipinski definition) is 1. The van der Waals surface area contributed by atoms with Crippen molar-refractivity contribution in [3.05, 3.63) is 0 Å². The maximum absolute atomic E-state index is 11.4. The smallest absolute Gasteiger partial charge is 0.234 e. The highest BCUT2D eigenvalue weighted by molar-refractivity contribution is 5.78. The molecule has 1 aliphatic rings. The van der Waals surface area contributed by atoms with Gasteiger partial charge in [-0.25, -0.2) is 0 Å². The molecule has 1 rings (SSSR count). The van der Waals surface area contributed by atoms with Crippen LogP contribution in [0.2, 0.25) is 0 Å². The second-order valence-electron chi connectivity index (χ2n) is 4.24. The lowest BCUT2D eigenvalue weighted by Gasteiger charge is -2.30. The number of amides is 1. The summed E-state index contributed by atoms with van der Waals surface area (Å²) < 4.78 is 0. The minimum Gasteiger partial charge on any atom is -0.354 e. The number of nitrogens with one attached hydrogen (secondary N) is 1. The van der Waals surface area contributed by atoms with Gasteiger partial charge in [-0.3, -0.25) is 9.69 Å². The molecular formula is C11H19N3O. The van der Waals surface area contributed by atoms with E-state index in [-0.39, 0.29) is 5.91 Å². The largest absolute Gasteiger partial charge is 0.354 e. The number of carbonyl (C=O) groups is 1. The summed E-state index contributed by atoms with van der Waals surface area (Å²) >= 11 is 0. The monoisotopic (exact) mass is 209 g/mol. The molecule has 1 unspecified atom stereocenters. The van der Waals surface area contributed by atoms with Crippen LogP contribution in [0.5, 0.6) is 0 Å².